The van der Waals surface area contributed by atoms with Crippen molar-refractivity contribution in [1.29, 1.82) is 0 Å². The third-order valence-electron chi connectivity index (χ3n) is 4.23. The van der Waals surface area contributed by atoms with Gasteiger partial charge in [-0.1, -0.05) is 12.8 Å². The second-order valence-corrected chi connectivity index (χ2v) is 5.59. The van der Waals surface area contributed by atoms with Crippen LogP contribution in [0.2, 0.25) is 0 Å². The molecule has 20 heavy (non-hydrogen) atoms. The van der Waals surface area contributed by atoms with Crippen molar-refractivity contribution in [2.24, 2.45) is 0 Å². The lowest BCUT2D eigenvalue weighted by molar-refractivity contribution is 0.112. The van der Waals surface area contributed by atoms with E-state index in [1.807, 2.05) is 18.5 Å². The molecule has 106 valence electrons. The van der Waals surface area contributed by atoms with Crippen LogP contribution in [0.15, 0.2) is 12.3 Å². The molecule has 0 bridgehead atoms. The molecule has 1 saturated carbocycles. The summed E-state index contributed by atoms with van der Waals surface area (Å²) in [6.07, 6.45) is 8.02. The van der Waals surface area contributed by atoms with Crippen LogP contribution in [0.5, 0.6) is 0 Å². The fourth-order valence-electron chi connectivity index (χ4n) is 3.02. The molecule has 0 aliphatic heterocycles. The van der Waals surface area contributed by atoms with Crippen molar-refractivity contribution in [2.75, 3.05) is 0 Å². The molecule has 0 spiro atoms. The number of rotatable bonds is 4. The van der Waals surface area contributed by atoms with Gasteiger partial charge in [-0.05, 0) is 32.8 Å². The second-order valence-electron chi connectivity index (χ2n) is 5.59. The summed E-state index contributed by atoms with van der Waals surface area (Å²) in [6, 6.07) is 2.62. The molecule has 5 heteroatoms. The van der Waals surface area contributed by atoms with E-state index in [0.717, 1.165) is 23.4 Å². The minimum absolute atomic E-state index is 0.565. The van der Waals surface area contributed by atoms with Gasteiger partial charge >= 0.3 is 0 Å². The van der Waals surface area contributed by atoms with Crippen LogP contribution in [0.3, 0.4) is 0 Å². The summed E-state index contributed by atoms with van der Waals surface area (Å²) < 4.78 is 3.95. The van der Waals surface area contributed by atoms with Gasteiger partial charge in [0, 0.05) is 11.9 Å². The lowest BCUT2D eigenvalue weighted by Crippen LogP contribution is -2.08. The van der Waals surface area contributed by atoms with E-state index in [2.05, 4.69) is 27.1 Å². The number of aldehydes is 1. The van der Waals surface area contributed by atoms with E-state index in [1.54, 1.807) is 0 Å². The molecule has 0 unspecified atom stereocenters. The maximum absolute atomic E-state index is 11.0. The Morgan fingerprint density at radius 1 is 1.30 bits per heavy atom. The summed E-state index contributed by atoms with van der Waals surface area (Å²) >= 11 is 0. The smallest absolute Gasteiger partial charge is 0.153 e. The molecular weight excluding hydrogens is 252 g/mol. The average molecular weight is 272 g/mol. The summed E-state index contributed by atoms with van der Waals surface area (Å²) in [6.45, 7) is 4.42. The Morgan fingerprint density at radius 3 is 2.70 bits per heavy atom. The zero-order chi connectivity index (χ0) is 14.1. The van der Waals surface area contributed by atoms with Gasteiger partial charge in [0.15, 0.2) is 6.29 Å². The summed E-state index contributed by atoms with van der Waals surface area (Å²) in [5.74, 6) is 0. The Labute approximate surface area is 118 Å². The Bertz CT molecular complexity index is 620. The summed E-state index contributed by atoms with van der Waals surface area (Å²) in [5, 5.41) is 9.08. The van der Waals surface area contributed by atoms with Gasteiger partial charge in [0.2, 0.25) is 0 Å². The van der Waals surface area contributed by atoms with Crippen LogP contribution in [0.4, 0.5) is 0 Å². The van der Waals surface area contributed by atoms with Crippen LogP contribution >= 0.6 is 0 Å². The van der Waals surface area contributed by atoms with Crippen LogP contribution in [0.25, 0.3) is 0 Å². The first kappa shape index (κ1) is 13.1. The van der Waals surface area contributed by atoms with Crippen molar-refractivity contribution in [1.82, 2.24) is 19.6 Å². The van der Waals surface area contributed by atoms with Crippen molar-refractivity contribution in [3.8, 4) is 0 Å². The highest BCUT2D eigenvalue weighted by molar-refractivity contribution is 5.78. The number of carbonyl (C=O) groups is 1. The predicted octanol–water partition coefficient (Wildman–Crippen LogP) is 2.67. The number of carbonyl (C=O) groups excluding carboxylic acids is 1. The van der Waals surface area contributed by atoms with E-state index >= 15 is 0 Å². The summed E-state index contributed by atoms with van der Waals surface area (Å²) in [7, 11) is 0. The van der Waals surface area contributed by atoms with Gasteiger partial charge in [0.25, 0.3) is 0 Å². The lowest BCUT2D eigenvalue weighted by Gasteiger charge is -2.09. The van der Waals surface area contributed by atoms with Crippen LogP contribution in [0, 0.1) is 13.8 Å². The number of hydrogen-bond donors (Lipinski definition) is 0. The molecule has 1 aliphatic rings. The van der Waals surface area contributed by atoms with Crippen molar-refractivity contribution in [3.63, 3.8) is 0 Å². The first-order chi connectivity index (χ1) is 9.69. The Hall–Kier alpha value is -1.91. The van der Waals surface area contributed by atoms with Gasteiger partial charge in [0.05, 0.1) is 29.5 Å². The van der Waals surface area contributed by atoms with E-state index in [-0.39, 0.29) is 0 Å². The SMILES string of the molecule is Cc1nn(Cc2ccn(C3CCCC3)n2)c(C)c1C=O. The summed E-state index contributed by atoms with van der Waals surface area (Å²) in [4.78, 5) is 11.0. The Balaban J connectivity index is 1.79. The highest BCUT2D eigenvalue weighted by Gasteiger charge is 2.18. The highest BCUT2D eigenvalue weighted by Crippen LogP contribution is 2.28. The van der Waals surface area contributed by atoms with Gasteiger partial charge in [-0.2, -0.15) is 10.2 Å². The van der Waals surface area contributed by atoms with Crippen molar-refractivity contribution in [2.45, 2.75) is 52.1 Å². The normalized spacial score (nSPS) is 15.9. The fraction of sp³-hybridized carbons (Fsp3) is 0.533. The maximum atomic E-state index is 11.0. The van der Waals surface area contributed by atoms with Crippen molar-refractivity contribution < 1.29 is 4.79 Å². The minimum Gasteiger partial charge on any atom is -0.298 e. The van der Waals surface area contributed by atoms with E-state index in [4.69, 9.17) is 0 Å². The standard InChI is InChI=1S/C15H20N4O/c1-11-15(10-20)12(2)19(16-11)9-13-7-8-18(17-13)14-5-3-4-6-14/h7-8,10,14H,3-6,9H2,1-2H3. The van der Waals surface area contributed by atoms with Crippen LogP contribution < -0.4 is 0 Å². The van der Waals surface area contributed by atoms with Gasteiger partial charge in [-0.3, -0.25) is 14.2 Å². The molecule has 2 aromatic heterocycles. The van der Waals surface area contributed by atoms with Gasteiger partial charge in [-0.15, -0.1) is 0 Å². The maximum Gasteiger partial charge on any atom is 0.153 e. The molecule has 2 aromatic rings. The van der Waals surface area contributed by atoms with Gasteiger partial charge in [0.1, 0.15) is 0 Å². The lowest BCUT2D eigenvalue weighted by atomic mass is 10.2. The second kappa shape index (κ2) is 5.23. The number of aromatic nitrogens is 4. The number of nitrogens with zero attached hydrogens (tertiary/aromatic N) is 4. The molecule has 2 heterocycles. The van der Waals surface area contributed by atoms with Crippen LogP contribution in [0.1, 0.15) is 59.2 Å². The first-order valence-electron chi connectivity index (χ1n) is 7.22. The predicted molar refractivity (Wildman–Crippen MR) is 75.9 cm³/mol. The number of aryl methyl sites for hydroxylation is 1. The molecule has 0 radical (unpaired) electrons. The topological polar surface area (TPSA) is 52.7 Å². The zero-order valence-corrected chi connectivity index (χ0v) is 12.0. The van der Waals surface area contributed by atoms with E-state index in [9.17, 15) is 4.79 Å². The third-order valence-corrected chi connectivity index (χ3v) is 4.23. The highest BCUT2D eigenvalue weighted by atomic mass is 16.1. The molecule has 0 amide bonds. The number of hydrogen-bond acceptors (Lipinski definition) is 3. The van der Waals surface area contributed by atoms with Crippen molar-refractivity contribution in [3.05, 3.63) is 34.9 Å². The molecular formula is C15H20N4O. The summed E-state index contributed by atoms with van der Waals surface area (Å²) in [5.41, 5.74) is 3.39. The molecule has 1 aliphatic carbocycles. The largest absolute Gasteiger partial charge is 0.298 e. The Kier molecular flexibility index (Phi) is 3.42. The van der Waals surface area contributed by atoms with Gasteiger partial charge in [-0.25, -0.2) is 0 Å². The minimum atomic E-state index is 0.565. The zero-order valence-electron chi connectivity index (χ0n) is 12.0. The van der Waals surface area contributed by atoms with E-state index in [1.165, 1.54) is 25.7 Å². The molecule has 1 fully saturated rings. The molecule has 5 nitrogen and oxygen atoms in total. The van der Waals surface area contributed by atoms with Crippen molar-refractivity contribution >= 4 is 6.29 Å². The van der Waals surface area contributed by atoms with Crippen LogP contribution in [-0.4, -0.2) is 25.8 Å². The molecule has 0 atom stereocenters. The Morgan fingerprint density at radius 2 is 2.05 bits per heavy atom. The van der Waals surface area contributed by atoms with E-state index < -0.39 is 0 Å². The van der Waals surface area contributed by atoms with E-state index in [0.29, 0.717) is 18.2 Å². The quantitative estimate of drug-likeness (QED) is 0.804. The first-order valence-corrected chi connectivity index (χ1v) is 7.22. The molecule has 0 N–H and O–H groups in total. The molecule has 3 rings (SSSR count). The third kappa shape index (κ3) is 2.28. The molecule has 0 saturated heterocycles. The van der Waals surface area contributed by atoms with Gasteiger partial charge < -0.3 is 0 Å². The monoisotopic (exact) mass is 272 g/mol. The van der Waals surface area contributed by atoms with Crippen LogP contribution in [-0.2, 0) is 6.54 Å². The fourth-order valence-corrected chi connectivity index (χ4v) is 3.02. The average Bonchev–Trinajstić information content (AvgIpc) is 3.12. The molecule has 0 aromatic carbocycles.